The number of aromatic nitrogens is 1. The molecule has 2 atom stereocenters. The first-order valence-electron chi connectivity index (χ1n) is 6.44. The lowest BCUT2D eigenvalue weighted by molar-refractivity contribution is -0.00868. The van der Waals surface area contributed by atoms with Crippen molar-refractivity contribution >= 4 is 34.0 Å². The quantitative estimate of drug-likeness (QED) is 0.910. The number of rotatable bonds is 2. The molecule has 2 heterocycles. The number of hydrogen-bond donors (Lipinski definition) is 1. The number of nitrogens with zero attached hydrogens (tertiary/aromatic N) is 2. The number of halogens is 1. The Morgan fingerprint density at radius 1 is 1.47 bits per heavy atom. The molecular formula is C12H15ClN2O3S. The van der Waals surface area contributed by atoms with E-state index in [1.165, 1.54) is 12.8 Å². The van der Waals surface area contributed by atoms with Crippen LogP contribution in [0.25, 0.3) is 0 Å². The number of ether oxygens (including phenoxy) is 1. The smallest absolute Gasteiger partial charge is 0.349 e. The van der Waals surface area contributed by atoms with Gasteiger partial charge in [-0.3, -0.25) is 0 Å². The van der Waals surface area contributed by atoms with Crippen molar-refractivity contribution in [1.29, 1.82) is 0 Å². The van der Waals surface area contributed by atoms with Gasteiger partial charge in [0.2, 0.25) is 0 Å². The van der Waals surface area contributed by atoms with Crippen molar-refractivity contribution in [1.82, 2.24) is 4.98 Å². The van der Waals surface area contributed by atoms with Gasteiger partial charge in [-0.1, -0.05) is 35.8 Å². The van der Waals surface area contributed by atoms with E-state index in [-0.39, 0.29) is 16.1 Å². The second-order valence-corrected chi connectivity index (χ2v) is 6.21. The second kappa shape index (κ2) is 5.26. The molecule has 1 aliphatic heterocycles. The van der Waals surface area contributed by atoms with Gasteiger partial charge in [-0.15, -0.1) is 0 Å². The Bertz CT molecular complexity index is 491. The molecule has 1 N–H and O–H groups in total. The Kier molecular flexibility index (Phi) is 3.64. The predicted molar refractivity (Wildman–Crippen MR) is 73.4 cm³/mol. The van der Waals surface area contributed by atoms with E-state index in [1.54, 1.807) is 0 Å². The molecule has 1 aromatic heterocycles. The van der Waals surface area contributed by atoms with E-state index >= 15 is 0 Å². The highest BCUT2D eigenvalue weighted by atomic mass is 35.5. The highest BCUT2D eigenvalue weighted by molar-refractivity contribution is 7.18. The number of fused-ring (bicyclic) bond motifs is 1. The number of anilines is 1. The molecule has 0 radical (unpaired) electrons. The summed E-state index contributed by atoms with van der Waals surface area (Å²) >= 11 is 7.05. The Morgan fingerprint density at radius 2 is 2.26 bits per heavy atom. The molecule has 0 amide bonds. The Hall–Kier alpha value is -0.850. The van der Waals surface area contributed by atoms with Crippen LogP contribution >= 0.6 is 22.9 Å². The zero-order valence-corrected chi connectivity index (χ0v) is 11.9. The summed E-state index contributed by atoms with van der Waals surface area (Å²) < 4.78 is 5.80. The average Bonchev–Trinajstić information content (AvgIpc) is 2.80. The average molecular weight is 303 g/mol. The van der Waals surface area contributed by atoms with Crippen LogP contribution < -0.4 is 4.90 Å². The minimum atomic E-state index is -1.01. The fourth-order valence-corrected chi connectivity index (χ4v) is 4.09. The van der Waals surface area contributed by atoms with Gasteiger partial charge in [0.1, 0.15) is 0 Å². The van der Waals surface area contributed by atoms with E-state index in [9.17, 15) is 4.79 Å². The van der Waals surface area contributed by atoms with Crippen molar-refractivity contribution in [2.75, 3.05) is 18.1 Å². The zero-order chi connectivity index (χ0) is 13.4. The third-order valence-electron chi connectivity index (χ3n) is 3.75. The summed E-state index contributed by atoms with van der Waals surface area (Å²) in [5.41, 5.74) is 0. The van der Waals surface area contributed by atoms with E-state index < -0.39 is 5.97 Å². The summed E-state index contributed by atoms with van der Waals surface area (Å²) in [6.45, 7) is 1.42. The topological polar surface area (TPSA) is 62.7 Å². The number of carboxylic acid groups (broad SMARTS) is 1. The number of aromatic carboxylic acids is 1. The third-order valence-corrected chi connectivity index (χ3v) is 5.21. The van der Waals surface area contributed by atoms with Gasteiger partial charge in [0.15, 0.2) is 15.2 Å². The molecular weight excluding hydrogens is 288 g/mol. The molecule has 0 aromatic carbocycles. The summed E-state index contributed by atoms with van der Waals surface area (Å²) in [6, 6.07) is 0.311. The Balaban J connectivity index is 1.87. The number of thiazole rings is 1. The molecule has 1 aliphatic carbocycles. The van der Waals surface area contributed by atoms with Crippen molar-refractivity contribution < 1.29 is 14.6 Å². The molecule has 7 heteroatoms. The van der Waals surface area contributed by atoms with Crippen LogP contribution in [0.4, 0.5) is 5.13 Å². The van der Waals surface area contributed by atoms with Gasteiger partial charge in [-0.05, 0) is 12.8 Å². The van der Waals surface area contributed by atoms with E-state index in [2.05, 4.69) is 9.88 Å². The standard InChI is InChI=1S/C12H15ClN2O3S/c13-10-9(11(16)17)19-12(14-10)15-5-6-18-8-4-2-1-3-7(8)15/h7-8H,1-6H2,(H,16,17). The maximum atomic E-state index is 11.0. The molecule has 1 aromatic rings. The fourth-order valence-electron chi connectivity index (χ4n) is 2.88. The lowest BCUT2D eigenvalue weighted by atomic mass is 9.90. The number of morpholine rings is 1. The molecule has 2 fully saturated rings. The summed E-state index contributed by atoms with van der Waals surface area (Å²) in [6.07, 6.45) is 4.79. The van der Waals surface area contributed by atoms with Crippen LogP contribution in [-0.2, 0) is 4.74 Å². The molecule has 1 saturated carbocycles. The van der Waals surface area contributed by atoms with Crippen LogP contribution in [0.5, 0.6) is 0 Å². The van der Waals surface area contributed by atoms with Gasteiger partial charge in [0.25, 0.3) is 0 Å². The van der Waals surface area contributed by atoms with Crippen LogP contribution in [0.1, 0.15) is 35.4 Å². The summed E-state index contributed by atoms with van der Waals surface area (Å²) in [4.78, 5) is 17.6. The minimum Gasteiger partial charge on any atom is -0.477 e. The van der Waals surface area contributed by atoms with Crippen molar-refractivity contribution in [2.45, 2.75) is 37.8 Å². The maximum absolute atomic E-state index is 11.0. The largest absolute Gasteiger partial charge is 0.477 e. The van der Waals surface area contributed by atoms with Crippen LogP contribution in [-0.4, -0.2) is 41.4 Å². The van der Waals surface area contributed by atoms with Crippen LogP contribution in [0.3, 0.4) is 0 Å². The normalized spacial score (nSPS) is 27.1. The highest BCUT2D eigenvalue weighted by Crippen LogP contribution is 2.36. The number of carboxylic acids is 1. The van der Waals surface area contributed by atoms with E-state index in [0.29, 0.717) is 17.8 Å². The Morgan fingerprint density at radius 3 is 3.00 bits per heavy atom. The first-order chi connectivity index (χ1) is 9.16. The number of hydrogen-bond acceptors (Lipinski definition) is 5. The molecule has 104 valence electrons. The van der Waals surface area contributed by atoms with Crippen LogP contribution in [0, 0.1) is 0 Å². The SMILES string of the molecule is O=C(O)c1sc(N2CCOC3CCCCC32)nc1Cl. The van der Waals surface area contributed by atoms with Crippen LogP contribution in [0.15, 0.2) is 0 Å². The molecule has 0 spiro atoms. The van der Waals surface area contributed by atoms with Crippen LogP contribution in [0.2, 0.25) is 5.15 Å². The molecule has 1 saturated heterocycles. The molecule has 2 unspecified atom stereocenters. The molecule has 0 bridgehead atoms. The van der Waals surface area contributed by atoms with E-state index in [1.807, 2.05) is 0 Å². The van der Waals surface area contributed by atoms with Gasteiger partial charge in [0, 0.05) is 6.54 Å². The fraction of sp³-hybridized carbons (Fsp3) is 0.667. The first-order valence-corrected chi connectivity index (χ1v) is 7.64. The highest BCUT2D eigenvalue weighted by Gasteiger charge is 2.36. The second-order valence-electron chi connectivity index (χ2n) is 4.88. The number of carbonyl (C=O) groups is 1. The van der Waals surface area contributed by atoms with Gasteiger partial charge >= 0.3 is 5.97 Å². The third kappa shape index (κ3) is 2.44. The van der Waals surface area contributed by atoms with Crippen molar-refractivity contribution in [3.63, 3.8) is 0 Å². The molecule has 19 heavy (non-hydrogen) atoms. The minimum absolute atomic E-state index is 0.0892. The lowest BCUT2D eigenvalue weighted by Gasteiger charge is -2.43. The summed E-state index contributed by atoms with van der Waals surface area (Å²) in [5.74, 6) is -1.01. The van der Waals surface area contributed by atoms with Crippen molar-refractivity contribution in [3.05, 3.63) is 10.0 Å². The van der Waals surface area contributed by atoms with Gasteiger partial charge in [-0.25, -0.2) is 9.78 Å². The van der Waals surface area contributed by atoms with E-state index in [4.69, 9.17) is 21.4 Å². The van der Waals surface area contributed by atoms with Gasteiger partial charge < -0.3 is 14.7 Å². The van der Waals surface area contributed by atoms with Gasteiger partial charge in [-0.2, -0.15) is 0 Å². The monoisotopic (exact) mass is 302 g/mol. The molecule has 2 aliphatic rings. The van der Waals surface area contributed by atoms with Crippen molar-refractivity contribution in [2.24, 2.45) is 0 Å². The molecule has 3 rings (SSSR count). The first kappa shape index (κ1) is 13.1. The maximum Gasteiger partial charge on any atom is 0.349 e. The summed E-state index contributed by atoms with van der Waals surface area (Å²) in [5, 5.41) is 9.85. The lowest BCUT2D eigenvalue weighted by Crippen LogP contribution is -2.52. The van der Waals surface area contributed by atoms with Crippen molar-refractivity contribution in [3.8, 4) is 0 Å². The van der Waals surface area contributed by atoms with E-state index in [0.717, 1.165) is 30.7 Å². The van der Waals surface area contributed by atoms with Gasteiger partial charge in [0.05, 0.1) is 18.8 Å². The zero-order valence-electron chi connectivity index (χ0n) is 10.3. The Labute approximate surface area is 120 Å². The predicted octanol–water partition coefficient (Wildman–Crippen LogP) is 2.64. The molecule has 5 nitrogen and oxygen atoms in total. The summed E-state index contributed by atoms with van der Waals surface area (Å²) in [7, 11) is 0.